The van der Waals surface area contributed by atoms with Crippen LogP contribution in [0.15, 0.2) is 30.5 Å². The summed E-state index contributed by atoms with van der Waals surface area (Å²) in [4.78, 5) is 42.4. The maximum atomic E-state index is 15.0. The maximum absolute atomic E-state index is 15.0. The molecule has 0 bridgehead atoms. The minimum Gasteiger partial charge on any atom is -0.493 e. The Labute approximate surface area is 210 Å². The van der Waals surface area contributed by atoms with Gasteiger partial charge in [-0.3, -0.25) is 9.59 Å². The van der Waals surface area contributed by atoms with Crippen LogP contribution in [0.25, 0.3) is 0 Å². The van der Waals surface area contributed by atoms with E-state index in [0.29, 0.717) is 5.56 Å². The van der Waals surface area contributed by atoms with Gasteiger partial charge >= 0.3 is 11.9 Å². The van der Waals surface area contributed by atoms with Crippen LogP contribution in [0.2, 0.25) is 0 Å². The van der Waals surface area contributed by atoms with Crippen LogP contribution in [0.3, 0.4) is 0 Å². The molecule has 9 nitrogen and oxygen atoms in total. The van der Waals surface area contributed by atoms with Crippen LogP contribution in [0.5, 0.6) is 11.5 Å². The van der Waals surface area contributed by atoms with Gasteiger partial charge in [-0.15, -0.1) is 0 Å². The van der Waals surface area contributed by atoms with Gasteiger partial charge in [0.05, 0.1) is 7.11 Å². The molecule has 1 aromatic heterocycles. The van der Waals surface area contributed by atoms with Crippen LogP contribution < -0.4 is 9.47 Å². The SMILES string of the molecule is COc1ccnc(C(=O)N(C(C)[C@H](c2ccc(C)cc2F)C(C)C)[C@@H](C)C(=O)O)c1OCOC(C)=O. The quantitative estimate of drug-likeness (QED) is 0.358. The molecule has 196 valence electrons. The van der Waals surface area contributed by atoms with E-state index in [1.165, 1.54) is 39.3 Å². The molecule has 2 aromatic rings. The van der Waals surface area contributed by atoms with Crippen molar-refractivity contribution in [1.29, 1.82) is 0 Å². The summed E-state index contributed by atoms with van der Waals surface area (Å²) in [5, 5.41) is 9.85. The number of carboxylic acid groups (broad SMARTS) is 1. The lowest BCUT2D eigenvalue weighted by Gasteiger charge is -2.39. The molecular weight excluding hydrogens is 471 g/mol. The van der Waals surface area contributed by atoms with Gasteiger partial charge in [0.1, 0.15) is 11.9 Å². The molecule has 0 radical (unpaired) electrons. The minimum absolute atomic E-state index is 0.108. The zero-order valence-electron chi connectivity index (χ0n) is 21.6. The number of esters is 1. The number of aromatic nitrogens is 1. The molecule has 1 aromatic carbocycles. The topological polar surface area (TPSA) is 115 Å². The number of hydrogen-bond acceptors (Lipinski definition) is 7. The van der Waals surface area contributed by atoms with Gasteiger partial charge in [0.25, 0.3) is 5.91 Å². The van der Waals surface area contributed by atoms with Crippen molar-refractivity contribution < 1.29 is 38.1 Å². The monoisotopic (exact) mass is 504 g/mol. The van der Waals surface area contributed by atoms with Crippen molar-refractivity contribution in [3.05, 3.63) is 53.1 Å². The Morgan fingerprint density at radius 2 is 1.81 bits per heavy atom. The van der Waals surface area contributed by atoms with Crippen LogP contribution in [0.1, 0.15) is 62.2 Å². The summed E-state index contributed by atoms with van der Waals surface area (Å²) in [7, 11) is 1.36. The fraction of sp³-hybridized carbons (Fsp3) is 0.462. The van der Waals surface area contributed by atoms with Crippen LogP contribution in [-0.4, -0.2) is 58.8 Å². The van der Waals surface area contributed by atoms with E-state index in [4.69, 9.17) is 14.2 Å². The molecule has 1 amide bonds. The van der Waals surface area contributed by atoms with Crippen LogP contribution in [-0.2, 0) is 14.3 Å². The summed E-state index contributed by atoms with van der Waals surface area (Å²) in [5.74, 6) is -3.68. The molecule has 3 atom stereocenters. The number of amides is 1. The van der Waals surface area contributed by atoms with Gasteiger partial charge in [-0.2, -0.15) is 0 Å². The van der Waals surface area contributed by atoms with Crippen molar-refractivity contribution in [2.45, 2.75) is 59.5 Å². The van der Waals surface area contributed by atoms with Crippen molar-refractivity contribution in [1.82, 2.24) is 9.88 Å². The van der Waals surface area contributed by atoms with E-state index in [2.05, 4.69) is 4.98 Å². The average molecular weight is 505 g/mol. The van der Waals surface area contributed by atoms with Crippen molar-refractivity contribution in [2.24, 2.45) is 5.92 Å². The fourth-order valence-electron chi connectivity index (χ4n) is 4.26. The first-order chi connectivity index (χ1) is 16.9. The van der Waals surface area contributed by atoms with Gasteiger partial charge in [-0.25, -0.2) is 14.2 Å². The number of nitrogens with zero attached hydrogens (tertiary/aromatic N) is 2. The van der Waals surface area contributed by atoms with Gasteiger partial charge in [0.2, 0.25) is 6.79 Å². The second-order valence-electron chi connectivity index (χ2n) is 8.85. The third kappa shape index (κ3) is 6.50. The van der Waals surface area contributed by atoms with Gasteiger partial charge in [0, 0.05) is 31.1 Å². The highest BCUT2D eigenvalue weighted by molar-refractivity contribution is 5.98. The van der Waals surface area contributed by atoms with E-state index in [9.17, 15) is 19.5 Å². The highest BCUT2D eigenvalue weighted by Gasteiger charge is 2.39. The van der Waals surface area contributed by atoms with Crippen molar-refractivity contribution in [3.63, 3.8) is 0 Å². The Kier molecular flexibility index (Phi) is 9.77. The van der Waals surface area contributed by atoms with Gasteiger partial charge in [0.15, 0.2) is 17.2 Å². The van der Waals surface area contributed by atoms with E-state index in [1.807, 2.05) is 13.8 Å². The van der Waals surface area contributed by atoms with E-state index in [0.717, 1.165) is 10.5 Å². The second-order valence-corrected chi connectivity index (χ2v) is 8.85. The lowest BCUT2D eigenvalue weighted by molar-refractivity contribution is -0.147. The Balaban J connectivity index is 2.61. The van der Waals surface area contributed by atoms with Crippen LogP contribution in [0, 0.1) is 18.7 Å². The zero-order valence-corrected chi connectivity index (χ0v) is 21.6. The summed E-state index contributed by atoms with van der Waals surface area (Å²) in [6, 6.07) is 4.27. The number of methoxy groups -OCH3 is 1. The summed E-state index contributed by atoms with van der Waals surface area (Å²) in [6.07, 6.45) is 1.32. The van der Waals surface area contributed by atoms with E-state index < -0.39 is 48.5 Å². The minimum atomic E-state index is -1.28. The van der Waals surface area contributed by atoms with Crippen molar-refractivity contribution >= 4 is 17.8 Å². The molecule has 0 spiro atoms. The Bertz CT molecular complexity index is 1110. The van der Waals surface area contributed by atoms with E-state index in [1.54, 1.807) is 26.0 Å². The highest BCUT2D eigenvalue weighted by Crippen LogP contribution is 2.36. The molecule has 36 heavy (non-hydrogen) atoms. The van der Waals surface area contributed by atoms with E-state index in [-0.39, 0.29) is 23.1 Å². The molecule has 0 saturated heterocycles. The molecule has 0 saturated carbocycles. The Hall–Kier alpha value is -3.69. The van der Waals surface area contributed by atoms with Crippen LogP contribution in [0.4, 0.5) is 4.39 Å². The lowest BCUT2D eigenvalue weighted by atomic mass is 9.81. The number of hydrogen-bond donors (Lipinski definition) is 1. The third-order valence-corrected chi connectivity index (χ3v) is 5.96. The van der Waals surface area contributed by atoms with Gasteiger partial charge in [-0.05, 0) is 43.9 Å². The summed E-state index contributed by atoms with van der Waals surface area (Å²) < 4.78 is 30.6. The molecule has 0 aliphatic rings. The van der Waals surface area contributed by atoms with E-state index >= 15 is 4.39 Å². The third-order valence-electron chi connectivity index (χ3n) is 5.96. The number of carbonyl (C=O) groups is 3. The largest absolute Gasteiger partial charge is 0.493 e. The first kappa shape index (κ1) is 28.5. The molecule has 1 unspecified atom stereocenters. The highest BCUT2D eigenvalue weighted by atomic mass is 19.1. The molecule has 0 aliphatic heterocycles. The number of halogens is 1. The Morgan fingerprint density at radius 1 is 1.14 bits per heavy atom. The second kappa shape index (κ2) is 12.3. The Morgan fingerprint density at radius 3 is 2.33 bits per heavy atom. The zero-order chi connectivity index (χ0) is 27.2. The summed E-state index contributed by atoms with van der Waals surface area (Å²) >= 11 is 0. The number of ether oxygens (including phenoxy) is 3. The fourth-order valence-corrected chi connectivity index (χ4v) is 4.26. The lowest BCUT2D eigenvalue weighted by Crippen LogP contribution is -2.51. The number of carbonyl (C=O) groups excluding carboxylic acids is 2. The molecule has 2 rings (SSSR count). The first-order valence-corrected chi connectivity index (χ1v) is 11.5. The molecular formula is C26H33FN2O7. The smallest absolute Gasteiger partial charge is 0.326 e. The number of aryl methyl sites for hydroxylation is 1. The average Bonchev–Trinajstić information content (AvgIpc) is 2.80. The standard InChI is InChI=1S/C26H33FN2O7/c1-14(2)22(19-9-8-15(3)12-20(19)27)16(4)29(17(5)26(32)33)25(31)23-24(36-13-35-18(6)30)21(34-7)10-11-28-23/h8-12,14,16-17,22H,13H2,1-7H3,(H,32,33)/t16?,17-,22+/m0/s1. The molecule has 1 N–H and O–H groups in total. The number of carboxylic acids is 1. The predicted molar refractivity (Wildman–Crippen MR) is 129 cm³/mol. The number of aliphatic carboxylic acids is 1. The molecule has 0 fully saturated rings. The predicted octanol–water partition coefficient (Wildman–Crippen LogP) is 4.18. The number of rotatable bonds is 11. The normalized spacial score (nSPS) is 13.5. The molecule has 0 aliphatic carbocycles. The number of benzene rings is 1. The van der Waals surface area contributed by atoms with Crippen molar-refractivity contribution in [3.8, 4) is 11.5 Å². The molecule has 10 heteroatoms. The first-order valence-electron chi connectivity index (χ1n) is 11.5. The maximum Gasteiger partial charge on any atom is 0.326 e. The summed E-state index contributed by atoms with van der Waals surface area (Å²) in [6.45, 7) is 9.28. The van der Waals surface area contributed by atoms with Crippen LogP contribution >= 0.6 is 0 Å². The molecule has 1 heterocycles. The van der Waals surface area contributed by atoms with Gasteiger partial charge in [-0.1, -0.05) is 26.0 Å². The van der Waals surface area contributed by atoms with Crippen molar-refractivity contribution in [2.75, 3.05) is 13.9 Å². The van der Waals surface area contributed by atoms with Gasteiger partial charge < -0.3 is 24.2 Å². The summed E-state index contributed by atoms with van der Waals surface area (Å²) in [5.41, 5.74) is 0.894. The number of pyridine rings is 1.